The van der Waals surface area contributed by atoms with Crippen molar-refractivity contribution in [3.8, 4) is 0 Å². The zero-order valence-corrected chi connectivity index (χ0v) is 14.9. The topological polar surface area (TPSA) is 83.1 Å². The van der Waals surface area contributed by atoms with E-state index in [4.69, 9.17) is 0 Å². The van der Waals surface area contributed by atoms with E-state index in [0.717, 1.165) is 22.7 Å². The van der Waals surface area contributed by atoms with Gasteiger partial charge >= 0.3 is 0 Å². The highest BCUT2D eigenvalue weighted by molar-refractivity contribution is 7.10. The largest absolute Gasteiger partial charge is 0.378 e. The highest BCUT2D eigenvalue weighted by Gasteiger charge is 2.17. The SMILES string of the molecule is CCCC(=O)Nc1cccc(CNC(=O)c2c(C)nsc2NC)c1. The van der Waals surface area contributed by atoms with Gasteiger partial charge in [0.15, 0.2) is 0 Å². The lowest BCUT2D eigenvalue weighted by molar-refractivity contribution is -0.116. The molecule has 0 aliphatic heterocycles. The van der Waals surface area contributed by atoms with E-state index < -0.39 is 0 Å². The molecule has 1 aromatic heterocycles. The van der Waals surface area contributed by atoms with Crippen molar-refractivity contribution in [2.75, 3.05) is 17.7 Å². The molecule has 7 heteroatoms. The smallest absolute Gasteiger partial charge is 0.256 e. The fraction of sp³-hybridized carbons (Fsp3) is 0.353. The number of carbonyl (C=O) groups excluding carboxylic acids is 2. The van der Waals surface area contributed by atoms with Crippen molar-refractivity contribution in [2.45, 2.75) is 33.2 Å². The van der Waals surface area contributed by atoms with E-state index in [1.165, 1.54) is 11.5 Å². The lowest BCUT2D eigenvalue weighted by Crippen LogP contribution is -2.24. The number of hydrogen-bond donors (Lipinski definition) is 3. The fourth-order valence-electron chi connectivity index (χ4n) is 2.29. The maximum absolute atomic E-state index is 12.4. The van der Waals surface area contributed by atoms with Crippen LogP contribution in [0.15, 0.2) is 24.3 Å². The summed E-state index contributed by atoms with van der Waals surface area (Å²) in [5.41, 5.74) is 2.95. The highest BCUT2D eigenvalue weighted by atomic mass is 32.1. The molecule has 1 heterocycles. The number of aryl methyl sites for hydroxylation is 1. The summed E-state index contributed by atoms with van der Waals surface area (Å²) in [5.74, 6) is -0.164. The molecule has 3 N–H and O–H groups in total. The number of rotatable bonds is 7. The van der Waals surface area contributed by atoms with E-state index in [1.54, 1.807) is 7.05 Å². The Morgan fingerprint density at radius 3 is 2.79 bits per heavy atom. The maximum Gasteiger partial charge on any atom is 0.256 e. The number of carbonyl (C=O) groups is 2. The summed E-state index contributed by atoms with van der Waals surface area (Å²) in [7, 11) is 1.77. The Morgan fingerprint density at radius 2 is 2.08 bits per heavy atom. The summed E-state index contributed by atoms with van der Waals surface area (Å²) in [6.07, 6.45) is 1.31. The molecular formula is C17H22N4O2S. The monoisotopic (exact) mass is 346 g/mol. The van der Waals surface area contributed by atoms with Crippen LogP contribution in [0.3, 0.4) is 0 Å². The number of hydrogen-bond acceptors (Lipinski definition) is 5. The van der Waals surface area contributed by atoms with E-state index in [-0.39, 0.29) is 11.8 Å². The number of nitrogens with zero attached hydrogens (tertiary/aromatic N) is 1. The number of aromatic nitrogens is 1. The maximum atomic E-state index is 12.4. The summed E-state index contributed by atoms with van der Waals surface area (Å²) in [4.78, 5) is 24.0. The van der Waals surface area contributed by atoms with Gasteiger partial charge in [-0.1, -0.05) is 19.1 Å². The van der Waals surface area contributed by atoms with Gasteiger partial charge in [0.1, 0.15) is 5.00 Å². The summed E-state index contributed by atoms with van der Waals surface area (Å²) in [5, 5.41) is 9.49. The molecule has 24 heavy (non-hydrogen) atoms. The van der Waals surface area contributed by atoms with E-state index in [2.05, 4.69) is 20.3 Å². The predicted molar refractivity (Wildman–Crippen MR) is 97.5 cm³/mol. The Morgan fingerprint density at radius 1 is 1.29 bits per heavy atom. The average molecular weight is 346 g/mol. The van der Waals surface area contributed by atoms with Crippen LogP contribution < -0.4 is 16.0 Å². The van der Waals surface area contributed by atoms with E-state index in [9.17, 15) is 9.59 Å². The molecule has 2 aromatic rings. The van der Waals surface area contributed by atoms with Gasteiger partial charge in [-0.2, -0.15) is 4.37 Å². The number of amides is 2. The van der Waals surface area contributed by atoms with E-state index in [1.807, 2.05) is 38.1 Å². The van der Waals surface area contributed by atoms with Crippen LogP contribution >= 0.6 is 11.5 Å². The number of nitrogens with one attached hydrogen (secondary N) is 3. The first-order chi connectivity index (χ1) is 11.5. The molecule has 128 valence electrons. The van der Waals surface area contributed by atoms with E-state index >= 15 is 0 Å². The van der Waals surface area contributed by atoms with Crippen LogP contribution in [0.25, 0.3) is 0 Å². The first-order valence-corrected chi connectivity index (χ1v) is 8.63. The van der Waals surface area contributed by atoms with Crippen LogP contribution in [0, 0.1) is 6.92 Å². The van der Waals surface area contributed by atoms with Crippen LogP contribution in [-0.4, -0.2) is 23.2 Å². The van der Waals surface area contributed by atoms with Gasteiger partial charge in [-0.15, -0.1) is 0 Å². The molecule has 0 atom stereocenters. The third-order valence-corrected chi connectivity index (χ3v) is 4.41. The fourth-order valence-corrected chi connectivity index (χ4v) is 3.03. The molecule has 2 amide bonds. The van der Waals surface area contributed by atoms with Crippen LogP contribution in [0.1, 0.15) is 41.4 Å². The minimum absolute atomic E-state index is 0.00248. The van der Waals surface area contributed by atoms with Crippen molar-refractivity contribution in [1.82, 2.24) is 9.69 Å². The molecule has 0 bridgehead atoms. The zero-order chi connectivity index (χ0) is 17.5. The molecule has 6 nitrogen and oxygen atoms in total. The van der Waals surface area contributed by atoms with Crippen LogP contribution in [0.5, 0.6) is 0 Å². The minimum Gasteiger partial charge on any atom is -0.378 e. The van der Waals surface area contributed by atoms with Crippen LogP contribution in [0.2, 0.25) is 0 Å². The molecule has 0 saturated carbocycles. The Balaban J connectivity index is 2.00. The van der Waals surface area contributed by atoms with Crippen molar-refractivity contribution in [3.05, 3.63) is 41.1 Å². The van der Waals surface area contributed by atoms with Crippen molar-refractivity contribution in [1.29, 1.82) is 0 Å². The molecular weight excluding hydrogens is 324 g/mol. The highest BCUT2D eigenvalue weighted by Crippen LogP contribution is 2.23. The van der Waals surface area contributed by atoms with Gasteiger partial charge in [-0.05, 0) is 42.6 Å². The molecule has 1 aromatic carbocycles. The molecule has 0 radical (unpaired) electrons. The first kappa shape index (κ1) is 17.9. The second-order valence-electron chi connectivity index (χ2n) is 5.40. The summed E-state index contributed by atoms with van der Waals surface area (Å²) < 4.78 is 4.20. The molecule has 0 spiro atoms. The summed E-state index contributed by atoms with van der Waals surface area (Å²) >= 11 is 1.27. The number of benzene rings is 1. The molecule has 0 aliphatic rings. The lowest BCUT2D eigenvalue weighted by atomic mass is 10.1. The van der Waals surface area contributed by atoms with Gasteiger partial charge in [0.25, 0.3) is 5.91 Å². The summed E-state index contributed by atoms with van der Waals surface area (Å²) in [6, 6.07) is 7.48. The number of anilines is 2. The van der Waals surface area contributed by atoms with E-state index in [0.29, 0.717) is 24.2 Å². The Kier molecular flexibility index (Phi) is 6.31. The molecule has 0 fully saturated rings. The van der Waals surface area contributed by atoms with Crippen molar-refractivity contribution >= 4 is 34.0 Å². The third-order valence-electron chi connectivity index (χ3n) is 3.46. The zero-order valence-electron chi connectivity index (χ0n) is 14.1. The molecule has 0 saturated heterocycles. The van der Waals surface area contributed by atoms with Crippen molar-refractivity contribution < 1.29 is 9.59 Å². The van der Waals surface area contributed by atoms with Gasteiger partial charge in [-0.25, -0.2) is 0 Å². The Bertz CT molecular complexity index is 727. The average Bonchev–Trinajstić information content (AvgIpc) is 2.94. The van der Waals surface area contributed by atoms with Crippen molar-refractivity contribution in [2.24, 2.45) is 0 Å². The quantitative estimate of drug-likeness (QED) is 0.719. The van der Waals surface area contributed by atoms with Crippen molar-refractivity contribution in [3.63, 3.8) is 0 Å². The molecule has 0 aliphatic carbocycles. The minimum atomic E-state index is -0.161. The first-order valence-electron chi connectivity index (χ1n) is 7.86. The van der Waals surface area contributed by atoms with Gasteiger partial charge in [0, 0.05) is 25.7 Å². The predicted octanol–water partition coefficient (Wildman–Crippen LogP) is 3.16. The molecule has 0 unspecified atom stereocenters. The standard InChI is InChI=1S/C17H22N4O2S/c1-4-6-14(22)20-13-8-5-7-12(9-13)10-19-16(23)15-11(2)21-24-17(15)18-3/h5,7-9,18H,4,6,10H2,1-3H3,(H,19,23)(H,20,22). The normalized spacial score (nSPS) is 10.3. The third kappa shape index (κ3) is 4.55. The Hall–Kier alpha value is -2.41. The van der Waals surface area contributed by atoms with Crippen LogP contribution in [0.4, 0.5) is 10.7 Å². The van der Waals surface area contributed by atoms with Gasteiger partial charge < -0.3 is 16.0 Å². The van der Waals surface area contributed by atoms with Gasteiger partial charge in [0.05, 0.1) is 11.3 Å². The van der Waals surface area contributed by atoms with Crippen LogP contribution in [-0.2, 0) is 11.3 Å². The lowest BCUT2D eigenvalue weighted by Gasteiger charge is -2.09. The second-order valence-corrected chi connectivity index (χ2v) is 6.18. The van der Waals surface area contributed by atoms with Gasteiger partial charge in [-0.3, -0.25) is 9.59 Å². The second kappa shape index (κ2) is 8.44. The van der Waals surface area contributed by atoms with Gasteiger partial charge in [0.2, 0.25) is 5.91 Å². The Labute approximate surface area is 145 Å². The molecule has 2 rings (SSSR count). The summed E-state index contributed by atoms with van der Waals surface area (Å²) in [6.45, 7) is 4.16.